The Morgan fingerprint density at radius 1 is 0.271 bits per heavy atom. The number of rotatable bonds is 2. The number of hydrogen-bond acceptors (Lipinski definition) is 2. The molecule has 7 heterocycles. The zero-order valence-electron chi connectivity index (χ0n) is 42.9. The summed E-state index contributed by atoms with van der Waals surface area (Å²) in [6.07, 6.45) is 0. The number of nitrogens with zero attached hydrogens (tertiary/aromatic N) is 2. The second kappa shape index (κ2) is 12.9. The van der Waals surface area contributed by atoms with Crippen molar-refractivity contribution in [1.82, 2.24) is 0 Å². The number of fused-ring (bicyclic) bond motifs is 8. The molecule has 7 aliphatic rings. The van der Waals surface area contributed by atoms with E-state index in [-0.39, 0.29) is 48.5 Å². The highest BCUT2D eigenvalue weighted by molar-refractivity contribution is 7.07. The lowest BCUT2D eigenvalue weighted by Crippen LogP contribution is -2.69. The molecule has 0 bridgehead atoms. The van der Waals surface area contributed by atoms with Crippen molar-refractivity contribution in [2.75, 3.05) is 9.80 Å². The van der Waals surface area contributed by atoms with Gasteiger partial charge in [0.05, 0.1) is 22.7 Å². The van der Waals surface area contributed by atoms with Crippen molar-refractivity contribution in [3.05, 3.63) is 156 Å². The van der Waals surface area contributed by atoms with E-state index in [4.69, 9.17) is 0 Å². The van der Waals surface area contributed by atoms with Crippen molar-refractivity contribution in [3.8, 4) is 22.3 Å². The van der Waals surface area contributed by atoms with Crippen molar-refractivity contribution in [2.24, 2.45) is 0 Å². The van der Waals surface area contributed by atoms with E-state index in [0.717, 1.165) is 0 Å². The Bertz CT molecular complexity index is 3490. The number of hydrogen-bond donors (Lipinski definition) is 0. The molecule has 7 aliphatic heterocycles. The van der Waals surface area contributed by atoms with E-state index in [2.05, 4.69) is 226 Å². The van der Waals surface area contributed by atoms with Gasteiger partial charge in [-0.15, -0.1) is 0 Å². The van der Waals surface area contributed by atoms with Crippen molar-refractivity contribution < 1.29 is 0 Å². The van der Waals surface area contributed by atoms with Crippen LogP contribution in [-0.4, -0.2) is 26.9 Å². The third kappa shape index (κ3) is 5.06. The van der Waals surface area contributed by atoms with Gasteiger partial charge in [0.25, 0.3) is 0 Å². The molecule has 0 radical (unpaired) electrons. The Morgan fingerprint density at radius 2 is 0.586 bits per heavy atom. The fourth-order valence-corrected chi connectivity index (χ4v) is 14.4. The number of anilines is 6. The average Bonchev–Trinajstić information content (AvgIpc) is 3.83. The minimum atomic E-state index is 0.0263. The van der Waals surface area contributed by atoms with Crippen molar-refractivity contribution >= 4 is 127 Å². The van der Waals surface area contributed by atoms with E-state index in [1.54, 1.807) is 0 Å². The molecular weight excluding hydrogens is 840 g/mol. The summed E-state index contributed by atoms with van der Waals surface area (Å²) in [6.45, 7) is 28.6. The zero-order chi connectivity index (χ0) is 48.0. The van der Waals surface area contributed by atoms with Crippen LogP contribution in [0.2, 0.25) is 0 Å². The first-order valence-corrected chi connectivity index (χ1v) is 26.1. The molecule has 8 aromatic carbocycles. The molecule has 0 saturated heterocycles. The van der Waals surface area contributed by atoms with E-state index in [0.29, 0.717) is 0 Å². The molecule has 0 atom stereocenters. The van der Waals surface area contributed by atoms with Gasteiger partial charge in [-0.2, -0.15) is 0 Å². The maximum atomic E-state index is 2.86. The second-order valence-electron chi connectivity index (χ2n) is 26.1. The highest BCUT2D eigenvalue weighted by Crippen LogP contribution is 2.57. The molecule has 6 heteroatoms. The summed E-state index contributed by atoms with van der Waals surface area (Å²) >= 11 is 0. The SMILES string of the molecule is CC(C)(C)c1ccc(B2c3cccc4c3N3c5c2ccc2c5N5c6c7c(cc8c6B(c6ccc(C(C)(C)C)cc6-8)c6ccc(c3c65)B4c3ccc(C(C)(C)C)cc3)-c3cc(C(C)(C)C)ccc3B27)cc1. The molecule has 336 valence electrons. The highest BCUT2D eigenvalue weighted by Gasteiger charge is 2.58. The van der Waals surface area contributed by atoms with Gasteiger partial charge in [0, 0.05) is 11.4 Å². The maximum Gasteiger partial charge on any atom is 0.248 e. The van der Waals surface area contributed by atoms with Crippen LogP contribution in [0, 0.1) is 0 Å². The Morgan fingerprint density at radius 3 is 0.957 bits per heavy atom. The smallest absolute Gasteiger partial charge is 0.248 e. The van der Waals surface area contributed by atoms with Crippen LogP contribution in [0.1, 0.15) is 105 Å². The lowest BCUT2D eigenvalue weighted by atomic mass is 9.28. The Hall–Kier alpha value is -6.38. The minimum Gasteiger partial charge on any atom is -0.308 e. The second-order valence-corrected chi connectivity index (χ2v) is 26.1. The zero-order valence-corrected chi connectivity index (χ0v) is 42.9. The van der Waals surface area contributed by atoms with Crippen molar-refractivity contribution in [2.45, 2.75) is 105 Å². The van der Waals surface area contributed by atoms with E-state index in [1.807, 2.05) is 0 Å². The summed E-state index contributed by atoms with van der Waals surface area (Å²) in [5.41, 5.74) is 36.9. The Kier molecular flexibility index (Phi) is 7.65. The summed E-state index contributed by atoms with van der Waals surface area (Å²) in [4.78, 5) is 5.66. The molecule has 0 aromatic heterocycles. The van der Waals surface area contributed by atoms with Crippen LogP contribution in [0.3, 0.4) is 0 Å². The van der Waals surface area contributed by atoms with Gasteiger partial charge >= 0.3 is 0 Å². The van der Waals surface area contributed by atoms with Crippen LogP contribution in [0.15, 0.2) is 133 Å². The van der Waals surface area contributed by atoms with Gasteiger partial charge in [-0.05, 0) is 116 Å². The monoisotopic (exact) mass is 898 g/mol. The third-order valence-corrected chi connectivity index (χ3v) is 18.0. The summed E-state index contributed by atoms with van der Waals surface area (Å²) in [7, 11) is 0. The normalized spacial score (nSPS) is 15.5. The summed E-state index contributed by atoms with van der Waals surface area (Å²) in [5.74, 6) is 0. The van der Waals surface area contributed by atoms with Crippen LogP contribution in [0.5, 0.6) is 0 Å². The largest absolute Gasteiger partial charge is 0.308 e. The number of benzene rings is 8. The van der Waals surface area contributed by atoms with Gasteiger partial charge in [-0.3, -0.25) is 0 Å². The Labute approximate surface area is 416 Å². The van der Waals surface area contributed by atoms with Gasteiger partial charge in [-0.25, -0.2) is 0 Å². The van der Waals surface area contributed by atoms with E-state index >= 15 is 0 Å². The van der Waals surface area contributed by atoms with Crippen molar-refractivity contribution in [1.29, 1.82) is 0 Å². The summed E-state index contributed by atoms with van der Waals surface area (Å²) in [5, 5.41) is 0. The quantitative estimate of drug-likeness (QED) is 0.167. The van der Waals surface area contributed by atoms with Gasteiger partial charge < -0.3 is 9.80 Å². The molecular formula is C64H58B4N2. The first-order valence-electron chi connectivity index (χ1n) is 26.1. The van der Waals surface area contributed by atoms with Gasteiger partial charge in [0.15, 0.2) is 0 Å². The van der Waals surface area contributed by atoms with Crippen LogP contribution >= 0.6 is 0 Å². The van der Waals surface area contributed by atoms with Crippen LogP contribution in [-0.2, 0) is 21.7 Å². The first kappa shape index (κ1) is 41.4. The predicted molar refractivity (Wildman–Crippen MR) is 307 cm³/mol. The average molecular weight is 898 g/mol. The topological polar surface area (TPSA) is 6.48 Å². The Balaban J connectivity index is 1.09. The minimum absolute atomic E-state index is 0.0263. The van der Waals surface area contributed by atoms with Gasteiger partial charge in [0.1, 0.15) is 0 Å². The van der Waals surface area contributed by atoms with Gasteiger partial charge in [-0.1, -0.05) is 232 Å². The molecule has 8 aromatic rings. The predicted octanol–water partition coefficient (Wildman–Crippen LogP) is 7.41. The van der Waals surface area contributed by atoms with Gasteiger partial charge in [0.2, 0.25) is 26.9 Å². The highest BCUT2D eigenvalue weighted by atomic mass is 15.3. The van der Waals surface area contributed by atoms with Crippen LogP contribution in [0.4, 0.5) is 34.1 Å². The molecule has 0 spiro atoms. The molecule has 2 nitrogen and oxygen atoms in total. The standard InChI is InChI=1S/C64H58B4N2/c1-61(2,3)35-16-22-39(23-17-35)65-47-14-13-15-48-55(47)69-56-49(65)28-30-51-58(56)70-59-52(31-29-50(57(59)69)66(48)40-24-18-36(19-25-40)62(4,5)6)68-46-27-21-38(64(10,11)12)33-42(46)44-34-43-41-32-37(63(7,8)9)20-26-45(41)67(51)53(43)60(70)54(44)68/h13-34H,1-12H3. The van der Waals surface area contributed by atoms with E-state index in [9.17, 15) is 0 Å². The van der Waals surface area contributed by atoms with Crippen LogP contribution in [0.25, 0.3) is 22.3 Å². The molecule has 0 N–H and O–H groups in total. The molecule has 0 amide bonds. The number of para-hydroxylation sites is 1. The summed E-state index contributed by atoms with van der Waals surface area (Å²) in [6, 6.07) is 54.5. The van der Waals surface area contributed by atoms with Crippen molar-refractivity contribution in [3.63, 3.8) is 0 Å². The fraction of sp³-hybridized carbons (Fsp3) is 0.250. The molecule has 0 fully saturated rings. The van der Waals surface area contributed by atoms with Crippen LogP contribution < -0.4 is 75.4 Å². The molecule has 0 aliphatic carbocycles. The molecule has 0 unspecified atom stereocenters. The lowest BCUT2D eigenvalue weighted by Gasteiger charge is -2.54. The summed E-state index contributed by atoms with van der Waals surface area (Å²) < 4.78 is 0. The molecule has 15 rings (SSSR count). The van der Waals surface area contributed by atoms with E-state index in [1.165, 1.54) is 144 Å². The fourth-order valence-electron chi connectivity index (χ4n) is 14.4. The maximum absolute atomic E-state index is 2.86. The first-order chi connectivity index (χ1) is 33.3. The van der Waals surface area contributed by atoms with E-state index < -0.39 is 0 Å². The third-order valence-electron chi connectivity index (χ3n) is 18.0. The molecule has 0 saturated carbocycles. The lowest BCUT2D eigenvalue weighted by molar-refractivity contribution is 0.590. The molecule has 70 heavy (non-hydrogen) atoms.